The first-order valence-electron chi connectivity index (χ1n) is 8.56. The van der Waals surface area contributed by atoms with E-state index in [1.165, 1.54) is 0 Å². The van der Waals surface area contributed by atoms with E-state index in [2.05, 4.69) is 16.2 Å². The SMILES string of the molecule is CCC(NNC(=O)c1cn(C)c2ccccc12)C(=O)Nc1ccccc1. The van der Waals surface area contributed by atoms with Crippen LogP contribution in [0.3, 0.4) is 0 Å². The molecule has 0 bridgehead atoms. The lowest BCUT2D eigenvalue weighted by molar-refractivity contribution is -0.118. The number of para-hydroxylation sites is 2. The highest BCUT2D eigenvalue weighted by atomic mass is 16.2. The molecule has 0 saturated heterocycles. The second-order valence-electron chi connectivity index (χ2n) is 6.09. The van der Waals surface area contributed by atoms with Crippen molar-refractivity contribution in [1.29, 1.82) is 0 Å². The normalized spacial score (nSPS) is 11.9. The maximum absolute atomic E-state index is 12.6. The molecule has 0 fully saturated rings. The van der Waals surface area contributed by atoms with Crippen molar-refractivity contribution < 1.29 is 9.59 Å². The molecule has 6 nitrogen and oxygen atoms in total. The van der Waals surface area contributed by atoms with Crippen LogP contribution in [-0.2, 0) is 11.8 Å². The van der Waals surface area contributed by atoms with Gasteiger partial charge in [0.2, 0.25) is 5.91 Å². The predicted molar refractivity (Wildman–Crippen MR) is 103 cm³/mol. The monoisotopic (exact) mass is 350 g/mol. The summed E-state index contributed by atoms with van der Waals surface area (Å²) in [5.74, 6) is -0.468. The van der Waals surface area contributed by atoms with E-state index in [0.29, 0.717) is 12.0 Å². The topological polar surface area (TPSA) is 75.2 Å². The van der Waals surface area contributed by atoms with Gasteiger partial charge in [-0.15, -0.1) is 0 Å². The van der Waals surface area contributed by atoms with Crippen LogP contribution in [0.15, 0.2) is 60.8 Å². The Balaban J connectivity index is 1.66. The largest absolute Gasteiger partial charge is 0.350 e. The maximum atomic E-state index is 12.6. The Hall–Kier alpha value is -3.12. The summed E-state index contributed by atoms with van der Waals surface area (Å²) in [4.78, 5) is 24.9. The first-order chi connectivity index (χ1) is 12.6. The zero-order chi connectivity index (χ0) is 18.5. The number of rotatable bonds is 6. The van der Waals surface area contributed by atoms with E-state index >= 15 is 0 Å². The molecule has 0 aliphatic rings. The van der Waals surface area contributed by atoms with Gasteiger partial charge in [0.05, 0.1) is 5.56 Å². The summed E-state index contributed by atoms with van der Waals surface area (Å²) in [6, 6.07) is 16.4. The molecule has 1 atom stereocenters. The van der Waals surface area contributed by atoms with Crippen molar-refractivity contribution in [2.45, 2.75) is 19.4 Å². The van der Waals surface area contributed by atoms with Crippen LogP contribution in [0.5, 0.6) is 0 Å². The summed E-state index contributed by atoms with van der Waals surface area (Å²) in [5.41, 5.74) is 7.76. The van der Waals surface area contributed by atoms with E-state index in [9.17, 15) is 9.59 Å². The van der Waals surface area contributed by atoms with Crippen LogP contribution in [0.2, 0.25) is 0 Å². The minimum atomic E-state index is -0.533. The van der Waals surface area contributed by atoms with Gasteiger partial charge in [-0.05, 0) is 24.6 Å². The lowest BCUT2D eigenvalue weighted by atomic mass is 10.1. The third kappa shape index (κ3) is 3.75. The first kappa shape index (κ1) is 17.7. The van der Waals surface area contributed by atoms with Crippen molar-refractivity contribution in [3.63, 3.8) is 0 Å². The highest BCUT2D eigenvalue weighted by Crippen LogP contribution is 2.19. The highest BCUT2D eigenvalue weighted by molar-refractivity contribution is 6.07. The van der Waals surface area contributed by atoms with Crippen LogP contribution in [0.4, 0.5) is 5.69 Å². The van der Waals surface area contributed by atoms with Gasteiger partial charge in [0.25, 0.3) is 5.91 Å². The second-order valence-corrected chi connectivity index (χ2v) is 6.09. The number of carbonyl (C=O) groups is 2. The fraction of sp³-hybridized carbons (Fsp3) is 0.200. The quantitative estimate of drug-likeness (QED) is 0.599. The van der Waals surface area contributed by atoms with E-state index in [4.69, 9.17) is 0 Å². The molecule has 0 radical (unpaired) electrons. The smallest absolute Gasteiger partial charge is 0.267 e. The van der Waals surface area contributed by atoms with Crippen molar-refractivity contribution >= 4 is 28.4 Å². The number of nitrogens with zero attached hydrogens (tertiary/aromatic N) is 1. The molecule has 2 amide bonds. The first-order valence-corrected chi connectivity index (χ1v) is 8.56. The fourth-order valence-electron chi connectivity index (χ4n) is 2.85. The number of hydrogen-bond acceptors (Lipinski definition) is 3. The zero-order valence-corrected chi connectivity index (χ0v) is 14.8. The van der Waals surface area contributed by atoms with Gasteiger partial charge in [-0.25, -0.2) is 5.43 Å². The summed E-state index contributed by atoms with van der Waals surface area (Å²) in [6.07, 6.45) is 2.32. The molecule has 2 aromatic carbocycles. The third-order valence-electron chi connectivity index (χ3n) is 4.27. The van der Waals surface area contributed by atoms with E-state index in [-0.39, 0.29) is 11.8 Å². The van der Waals surface area contributed by atoms with E-state index in [0.717, 1.165) is 16.6 Å². The van der Waals surface area contributed by atoms with Gasteiger partial charge in [0.15, 0.2) is 0 Å². The third-order valence-corrected chi connectivity index (χ3v) is 4.27. The van der Waals surface area contributed by atoms with Crippen molar-refractivity contribution in [2.75, 3.05) is 5.32 Å². The maximum Gasteiger partial charge on any atom is 0.267 e. The summed E-state index contributed by atoms with van der Waals surface area (Å²) in [7, 11) is 1.90. The lowest BCUT2D eigenvalue weighted by Gasteiger charge is -2.17. The highest BCUT2D eigenvalue weighted by Gasteiger charge is 2.19. The number of fused-ring (bicyclic) bond motifs is 1. The molecule has 3 aromatic rings. The molecule has 3 N–H and O–H groups in total. The van der Waals surface area contributed by atoms with Crippen LogP contribution < -0.4 is 16.2 Å². The van der Waals surface area contributed by atoms with Crippen LogP contribution in [-0.4, -0.2) is 22.4 Å². The molecule has 134 valence electrons. The Morgan fingerprint density at radius 2 is 1.73 bits per heavy atom. The number of nitrogens with one attached hydrogen (secondary N) is 3. The average Bonchev–Trinajstić information content (AvgIpc) is 3.00. The Morgan fingerprint density at radius 1 is 1.04 bits per heavy atom. The lowest BCUT2D eigenvalue weighted by Crippen LogP contribution is -2.49. The Labute approximate surface area is 152 Å². The van der Waals surface area contributed by atoms with Gasteiger partial charge < -0.3 is 9.88 Å². The van der Waals surface area contributed by atoms with Crippen LogP contribution >= 0.6 is 0 Å². The summed E-state index contributed by atoms with van der Waals surface area (Å²) >= 11 is 0. The number of hydrazine groups is 1. The minimum absolute atomic E-state index is 0.197. The number of amides is 2. The van der Waals surface area contributed by atoms with E-state index in [1.807, 2.05) is 73.1 Å². The molecule has 1 unspecified atom stereocenters. The van der Waals surface area contributed by atoms with Gasteiger partial charge in [-0.2, -0.15) is 0 Å². The van der Waals surface area contributed by atoms with Gasteiger partial charge in [-0.1, -0.05) is 43.3 Å². The molecular weight excluding hydrogens is 328 g/mol. The number of hydrogen-bond donors (Lipinski definition) is 3. The molecular formula is C20H22N4O2. The molecule has 3 rings (SSSR count). The van der Waals surface area contributed by atoms with Crippen LogP contribution in [0, 0.1) is 0 Å². The number of aromatic nitrogens is 1. The van der Waals surface area contributed by atoms with E-state index < -0.39 is 6.04 Å². The van der Waals surface area contributed by atoms with Gasteiger partial charge in [0, 0.05) is 29.8 Å². The summed E-state index contributed by atoms with van der Waals surface area (Å²) in [6.45, 7) is 1.88. The molecule has 1 aromatic heterocycles. The molecule has 0 aliphatic carbocycles. The van der Waals surface area contributed by atoms with Gasteiger partial charge in [0.1, 0.15) is 6.04 Å². The molecule has 0 spiro atoms. The summed E-state index contributed by atoms with van der Waals surface area (Å²) < 4.78 is 1.91. The number of aryl methyl sites for hydroxylation is 1. The molecule has 1 heterocycles. The molecule has 26 heavy (non-hydrogen) atoms. The standard InChI is InChI=1S/C20H22N4O2/c1-3-17(20(26)21-14-9-5-4-6-10-14)22-23-19(25)16-13-24(2)18-12-8-7-11-15(16)18/h4-13,17,22H,3H2,1-2H3,(H,21,26)(H,23,25). The van der Waals surface area contributed by atoms with Crippen molar-refractivity contribution in [2.24, 2.45) is 7.05 Å². The molecule has 6 heteroatoms. The van der Waals surface area contributed by atoms with Crippen molar-refractivity contribution in [1.82, 2.24) is 15.4 Å². The predicted octanol–water partition coefficient (Wildman–Crippen LogP) is 2.83. The van der Waals surface area contributed by atoms with E-state index in [1.54, 1.807) is 6.20 Å². The number of benzene rings is 2. The fourth-order valence-corrected chi connectivity index (χ4v) is 2.85. The van der Waals surface area contributed by atoms with Gasteiger partial charge >= 0.3 is 0 Å². The average molecular weight is 350 g/mol. The Bertz CT molecular complexity index is 918. The van der Waals surface area contributed by atoms with Crippen LogP contribution in [0.25, 0.3) is 10.9 Å². The van der Waals surface area contributed by atoms with Crippen molar-refractivity contribution in [3.05, 3.63) is 66.4 Å². The zero-order valence-electron chi connectivity index (χ0n) is 14.8. The van der Waals surface area contributed by atoms with Gasteiger partial charge in [-0.3, -0.25) is 15.0 Å². The molecule has 0 saturated carbocycles. The second kappa shape index (κ2) is 7.84. The molecule has 0 aliphatic heterocycles. The van der Waals surface area contributed by atoms with Crippen molar-refractivity contribution in [3.8, 4) is 0 Å². The number of anilines is 1. The Kier molecular flexibility index (Phi) is 5.34. The summed E-state index contributed by atoms with van der Waals surface area (Å²) in [5, 5.41) is 3.70. The van der Waals surface area contributed by atoms with Crippen LogP contribution in [0.1, 0.15) is 23.7 Å². The Morgan fingerprint density at radius 3 is 2.46 bits per heavy atom. The number of carbonyl (C=O) groups excluding carboxylic acids is 2. The minimum Gasteiger partial charge on any atom is -0.350 e.